The van der Waals surface area contributed by atoms with Gasteiger partial charge in [0.1, 0.15) is 0 Å². The molecule has 0 fully saturated rings. The molecule has 1 aromatic carbocycles. The normalized spacial score (nSPS) is 15.3. The zero-order valence-electron chi connectivity index (χ0n) is 8.33. The van der Waals surface area contributed by atoms with Gasteiger partial charge in [-0.25, -0.2) is 4.39 Å². The van der Waals surface area contributed by atoms with Crippen molar-refractivity contribution in [1.82, 2.24) is 0 Å². The maximum absolute atomic E-state index is 12.8. The van der Waals surface area contributed by atoms with Crippen LogP contribution in [0.1, 0.15) is 38.2 Å². The van der Waals surface area contributed by atoms with E-state index in [-0.39, 0.29) is 0 Å². The molecule has 0 amide bonds. The van der Waals surface area contributed by atoms with Crippen LogP contribution in [0.25, 0.3) is 0 Å². The highest BCUT2D eigenvalue weighted by Gasteiger charge is 2.12. The summed E-state index contributed by atoms with van der Waals surface area (Å²) in [5.74, 6) is 0.376. The summed E-state index contributed by atoms with van der Waals surface area (Å²) in [5, 5.41) is 0. The van der Waals surface area contributed by atoms with E-state index < -0.39 is 6.17 Å². The van der Waals surface area contributed by atoms with Gasteiger partial charge in [0, 0.05) is 0 Å². The Hall–Kier alpha value is -0.850. The minimum absolute atomic E-state index is 0.376. The van der Waals surface area contributed by atoms with Crippen molar-refractivity contribution in [2.75, 3.05) is 0 Å². The Bertz CT molecular complexity index is 228. The second kappa shape index (κ2) is 5.00. The molecule has 13 heavy (non-hydrogen) atoms. The molecule has 0 bridgehead atoms. The molecule has 1 aromatic rings. The predicted octanol–water partition coefficient (Wildman–Crippen LogP) is 3.93. The molecule has 0 aromatic heterocycles. The lowest BCUT2D eigenvalue weighted by Crippen LogP contribution is -2.04. The standard InChI is InChI=1S/C12H17F/c1-3-11(9-10(2)13)12-7-5-4-6-8-12/h4-8,10-11H,3,9H2,1-2H3. The van der Waals surface area contributed by atoms with E-state index in [9.17, 15) is 4.39 Å². The molecule has 0 heterocycles. The van der Waals surface area contributed by atoms with Gasteiger partial charge in [0.2, 0.25) is 0 Å². The topological polar surface area (TPSA) is 0 Å². The van der Waals surface area contributed by atoms with Crippen LogP contribution in [0, 0.1) is 0 Å². The molecule has 72 valence electrons. The first-order valence-corrected chi connectivity index (χ1v) is 4.93. The van der Waals surface area contributed by atoms with Crippen molar-refractivity contribution in [3.8, 4) is 0 Å². The van der Waals surface area contributed by atoms with E-state index in [1.165, 1.54) is 5.56 Å². The van der Waals surface area contributed by atoms with E-state index in [4.69, 9.17) is 0 Å². The highest BCUT2D eigenvalue weighted by atomic mass is 19.1. The smallest absolute Gasteiger partial charge is 0.0979 e. The zero-order valence-corrected chi connectivity index (χ0v) is 8.33. The van der Waals surface area contributed by atoms with Gasteiger partial charge >= 0.3 is 0 Å². The first kappa shape index (κ1) is 10.2. The first-order chi connectivity index (χ1) is 6.24. The van der Waals surface area contributed by atoms with Crippen molar-refractivity contribution in [3.05, 3.63) is 35.9 Å². The summed E-state index contributed by atoms with van der Waals surface area (Å²) >= 11 is 0. The Morgan fingerprint density at radius 2 is 1.85 bits per heavy atom. The molecule has 0 saturated carbocycles. The molecule has 0 spiro atoms. The van der Waals surface area contributed by atoms with Gasteiger partial charge in [-0.05, 0) is 31.2 Å². The fraction of sp³-hybridized carbons (Fsp3) is 0.500. The average Bonchev–Trinajstić information content (AvgIpc) is 2.15. The van der Waals surface area contributed by atoms with Gasteiger partial charge in [-0.3, -0.25) is 0 Å². The zero-order chi connectivity index (χ0) is 9.68. The second-order valence-corrected chi connectivity index (χ2v) is 3.53. The van der Waals surface area contributed by atoms with Crippen LogP contribution in [0.15, 0.2) is 30.3 Å². The molecule has 0 saturated heterocycles. The van der Waals surface area contributed by atoms with Gasteiger partial charge < -0.3 is 0 Å². The van der Waals surface area contributed by atoms with Crippen molar-refractivity contribution in [2.24, 2.45) is 0 Å². The van der Waals surface area contributed by atoms with Gasteiger partial charge in [0.25, 0.3) is 0 Å². The number of hydrogen-bond donors (Lipinski definition) is 0. The van der Waals surface area contributed by atoms with Crippen LogP contribution < -0.4 is 0 Å². The van der Waals surface area contributed by atoms with Crippen LogP contribution in [-0.4, -0.2) is 6.17 Å². The third kappa shape index (κ3) is 3.17. The lowest BCUT2D eigenvalue weighted by atomic mass is 9.92. The molecule has 1 heteroatoms. The summed E-state index contributed by atoms with van der Waals surface area (Å²) in [4.78, 5) is 0. The van der Waals surface area contributed by atoms with E-state index in [0.29, 0.717) is 12.3 Å². The van der Waals surface area contributed by atoms with Crippen molar-refractivity contribution >= 4 is 0 Å². The summed E-state index contributed by atoms with van der Waals surface area (Å²) in [6.45, 7) is 3.74. The largest absolute Gasteiger partial charge is 0.248 e. The lowest BCUT2D eigenvalue weighted by Gasteiger charge is -2.15. The molecule has 2 atom stereocenters. The Balaban J connectivity index is 2.67. The van der Waals surface area contributed by atoms with Crippen LogP contribution in [0.2, 0.25) is 0 Å². The summed E-state index contributed by atoms with van der Waals surface area (Å²) in [5.41, 5.74) is 1.26. The molecular formula is C12H17F. The average molecular weight is 180 g/mol. The number of rotatable bonds is 4. The van der Waals surface area contributed by atoms with E-state index in [0.717, 1.165) is 6.42 Å². The molecular weight excluding hydrogens is 163 g/mol. The minimum Gasteiger partial charge on any atom is -0.248 e. The van der Waals surface area contributed by atoms with Crippen LogP contribution in [-0.2, 0) is 0 Å². The molecule has 1 rings (SSSR count). The number of benzene rings is 1. The molecule has 2 unspecified atom stereocenters. The molecule has 0 N–H and O–H groups in total. The maximum atomic E-state index is 12.8. The van der Waals surface area contributed by atoms with Gasteiger partial charge in [-0.2, -0.15) is 0 Å². The van der Waals surface area contributed by atoms with Gasteiger partial charge in [0.05, 0.1) is 6.17 Å². The van der Waals surface area contributed by atoms with Gasteiger partial charge in [-0.15, -0.1) is 0 Å². The lowest BCUT2D eigenvalue weighted by molar-refractivity contribution is 0.316. The molecule has 0 radical (unpaired) electrons. The Labute approximate surface area is 79.8 Å². The Morgan fingerprint density at radius 1 is 1.23 bits per heavy atom. The number of hydrogen-bond acceptors (Lipinski definition) is 0. The summed E-state index contributed by atoms with van der Waals surface area (Å²) in [7, 11) is 0. The third-order valence-electron chi connectivity index (χ3n) is 2.37. The van der Waals surface area contributed by atoms with E-state index >= 15 is 0 Å². The van der Waals surface area contributed by atoms with Crippen molar-refractivity contribution in [1.29, 1.82) is 0 Å². The highest BCUT2D eigenvalue weighted by molar-refractivity contribution is 5.19. The van der Waals surface area contributed by atoms with Crippen LogP contribution in [0.4, 0.5) is 4.39 Å². The van der Waals surface area contributed by atoms with E-state index in [1.807, 2.05) is 18.2 Å². The van der Waals surface area contributed by atoms with Crippen molar-refractivity contribution in [2.45, 2.75) is 38.8 Å². The van der Waals surface area contributed by atoms with Crippen LogP contribution >= 0.6 is 0 Å². The molecule has 0 aliphatic carbocycles. The highest BCUT2D eigenvalue weighted by Crippen LogP contribution is 2.25. The Kier molecular flexibility index (Phi) is 3.94. The van der Waals surface area contributed by atoms with Crippen LogP contribution in [0.3, 0.4) is 0 Å². The third-order valence-corrected chi connectivity index (χ3v) is 2.37. The molecule has 0 aliphatic rings. The SMILES string of the molecule is CCC(CC(C)F)c1ccccc1. The summed E-state index contributed by atoms with van der Waals surface area (Å²) < 4.78 is 12.8. The monoisotopic (exact) mass is 180 g/mol. The Morgan fingerprint density at radius 3 is 2.31 bits per heavy atom. The fourth-order valence-electron chi connectivity index (χ4n) is 1.66. The van der Waals surface area contributed by atoms with E-state index in [2.05, 4.69) is 19.1 Å². The number of halogens is 1. The minimum atomic E-state index is -0.704. The molecule has 0 aliphatic heterocycles. The summed E-state index contributed by atoms with van der Waals surface area (Å²) in [6, 6.07) is 10.2. The number of alkyl halides is 1. The maximum Gasteiger partial charge on any atom is 0.0979 e. The quantitative estimate of drug-likeness (QED) is 0.658. The van der Waals surface area contributed by atoms with E-state index in [1.54, 1.807) is 6.92 Å². The van der Waals surface area contributed by atoms with Gasteiger partial charge in [-0.1, -0.05) is 37.3 Å². The summed E-state index contributed by atoms with van der Waals surface area (Å²) in [6.07, 6.45) is 0.948. The predicted molar refractivity (Wildman–Crippen MR) is 54.7 cm³/mol. The van der Waals surface area contributed by atoms with Crippen molar-refractivity contribution in [3.63, 3.8) is 0 Å². The van der Waals surface area contributed by atoms with Crippen LogP contribution in [0.5, 0.6) is 0 Å². The van der Waals surface area contributed by atoms with Crippen molar-refractivity contribution < 1.29 is 4.39 Å². The molecule has 0 nitrogen and oxygen atoms in total. The van der Waals surface area contributed by atoms with Gasteiger partial charge in [0.15, 0.2) is 0 Å². The second-order valence-electron chi connectivity index (χ2n) is 3.53. The fourth-order valence-corrected chi connectivity index (χ4v) is 1.66. The first-order valence-electron chi connectivity index (χ1n) is 4.93.